The highest BCUT2D eigenvalue weighted by atomic mass is 16.5. The molecule has 7 heteroatoms. The number of carbonyl (C=O) groups is 2. The first-order chi connectivity index (χ1) is 12.1. The van der Waals surface area contributed by atoms with Crippen LogP contribution in [0.3, 0.4) is 0 Å². The Morgan fingerprint density at radius 2 is 1.84 bits per heavy atom. The van der Waals surface area contributed by atoms with Crippen molar-refractivity contribution in [1.29, 1.82) is 0 Å². The van der Waals surface area contributed by atoms with Crippen molar-refractivity contribution < 1.29 is 19.1 Å². The molecule has 2 amide bonds. The Balaban J connectivity index is 1.87. The van der Waals surface area contributed by atoms with Gasteiger partial charge < -0.3 is 25.0 Å². The summed E-state index contributed by atoms with van der Waals surface area (Å²) < 4.78 is 10.7. The Kier molecular flexibility index (Phi) is 7.06. The summed E-state index contributed by atoms with van der Waals surface area (Å²) in [6.07, 6.45) is 1.88. The standard InChI is InChI=1S/C18H27N3O4/c1-19-11-17(22)20-7-4-5-18(23)21-8-6-13-9-15(24-2)16(25-3)10-14(13)12-21/h9-10,19H,4-8,11-12H2,1-3H3,(H,20,22). The van der Waals surface area contributed by atoms with Crippen molar-refractivity contribution in [3.8, 4) is 11.5 Å². The van der Waals surface area contributed by atoms with Gasteiger partial charge in [-0.25, -0.2) is 0 Å². The van der Waals surface area contributed by atoms with E-state index in [-0.39, 0.29) is 11.8 Å². The van der Waals surface area contributed by atoms with Gasteiger partial charge in [0.2, 0.25) is 11.8 Å². The van der Waals surface area contributed by atoms with Crippen LogP contribution in [0.4, 0.5) is 0 Å². The highest BCUT2D eigenvalue weighted by Crippen LogP contribution is 2.33. The van der Waals surface area contributed by atoms with E-state index in [9.17, 15) is 9.59 Å². The molecule has 0 saturated carbocycles. The van der Waals surface area contributed by atoms with Crippen molar-refractivity contribution in [3.63, 3.8) is 0 Å². The number of ether oxygens (including phenoxy) is 2. The van der Waals surface area contributed by atoms with Crippen molar-refractivity contribution in [2.45, 2.75) is 25.8 Å². The second-order valence-corrected chi connectivity index (χ2v) is 6.03. The van der Waals surface area contributed by atoms with E-state index in [0.717, 1.165) is 17.7 Å². The Hall–Kier alpha value is -2.28. The molecular formula is C18H27N3O4. The third-order valence-electron chi connectivity index (χ3n) is 4.30. The fourth-order valence-corrected chi connectivity index (χ4v) is 2.94. The lowest BCUT2D eigenvalue weighted by molar-refractivity contribution is -0.132. The quantitative estimate of drug-likeness (QED) is 0.676. The highest BCUT2D eigenvalue weighted by Gasteiger charge is 2.22. The summed E-state index contributed by atoms with van der Waals surface area (Å²) in [5.41, 5.74) is 2.29. The lowest BCUT2D eigenvalue weighted by Gasteiger charge is -2.29. The normalized spacial score (nSPS) is 13.2. The van der Waals surface area contributed by atoms with E-state index in [2.05, 4.69) is 10.6 Å². The maximum absolute atomic E-state index is 12.4. The predicted octanol–water partition coefficient (Wildman–Crippen LogP) is 0.704. The van der Waals surface area contributed by atoms with Crippen LogP contribution in [-0.2, 0) is 22.6 Å². The van der Waals surface area contributed by atoms with Gasteiger partial charge in [0.05, 0.1) is 20.8 Å². The van der Waals surface area contributed by atoms with Crippen molar-refractivity contribution >= 4 is 11.8 Å². The van der Waals surface area contributed by atoms with Gasteiger partial charge >= 0.3 is 0 Å². The molecule has 7 nitrogen and oxygen atoms in total. The van der Waals surface area contributed by atoms with Gasteiger partial charge in [-0.2, -0.15) is 0 Å². The summed E-state index contributed by atoms with van der Waals surface area (Å²) in [4.78, 5) is 25.6. The summed E-state index contributed by atoms with van der Waals surface area (Å²) in [6, 6.07) is 3.94. The number of nitrogens with zero attached hydrogens (tertiary/aromatic N) is 1. The Bertz CT molecular complexity index is 619. The van der Waals surface area contributed by atoms with Crippen LogP contribution < -0.4 is 20.1 Å². The van der Waals surface area contributed by atoms with Gasteiger partial charge in [0, 0.05) is 26.1 Å². The minimum absolute atomic E-state index is 0.0529. The Labute approximate surface area is 148 Å². The third-order valence-corrected chi connectivity index (χ3v) is 4.30. The number of rotatable bonds is 8. The zero-order chi connectivity index (χ0) is 18.2. The van der Waals surface area contributed by atoms with E-state index in [1.54, 1.807) is 21.3 Å². The fraction of sp³-hybridized carbons (Fsp3) is 0.556. The number of hydrogen-bond donors (Lipinski definition) is 2. The van der Waals surface area contributed by atoms with E-state index in [1.807, 2.05) is 17.0 Å². The van der Waals surface area contributed by atoms with Gasteiger partial charge in [-0.15, -0.1) is 0 Å². The molecule has 0 unspecified atom stereocenters. The van der Waals surface area contributed by atoms with E-state index >= 15 is 0 Å². The molecule has 0 radical (unpaired) electrons. The average Bonchev–Trinajstić information content (AvgIpc) is 2.63. The van der Waals surface area contributed by atoms with Gasteiger partial charge in [0.15, 0.2) is 11.5 Å². The van der Waals surface area contributed by atoms with Crippen molar-refractivity contribution in [1.82, 2.24) is 15.5 Å². The van der Waals surface area contributed by atoms with Gasteiger partial charge in [0.25, 0.3) is 0 Å². The number of fused-ring (bicyclic) bond motifs is 1. The number of benzene rings is 1. The number of likely N-dealkylation sites (N-methyl/N-ethyl adjacent to an activating group) is 1. The molecule has 2 rings (SSSR count). The molecule has 0 atom stereocenters. The molecule has 1 heterocycles. The maximum atomic E-state index is 12.4. The van der Waals surface area contributed by atoms with Gasteiger partial charge in [-0.3, -0.25) is 9.59 Å². The van der Waals surface area contributed by atoms with Gasteiger partial charge in [0.1, 0.15) is 0 Å². The molecule has 0 fully saturated rings. The first-order valence-electron chi connectivity index (χ1n) is 8.52. The molecule has 1 aliphatic heterocycles. The summed E-state index contributed by atoms with van der Waals surface area (Å²) in [6.45, 7) is 2.10. The van der Waals surface area contributed by atoms with Crippen LogP contribution >= 0.6 is 0 Å². The van der Waals surface area contributed by atoms with E-state index < -0.39 is 0 Å². The van der Waals surface area contributed by atoms with E-state index in [0.29, 0.717) is 44.8 Å². The molecule has 0 saturated heterocycles. The van der Waals surface area contributed by atoms with Crippen LogP contribution in [0.1, 0.15) is 24.0 Å². The van der Waals surface area contributed by atoms with Gasteiger partial charge in [-0.05, 0) is 43.1 Å². The van der Waals surface area contributed by atoms with Crippen molar-refractivity contribution in [2.75, 3.05) is 40.9 Å². The summed E-state index contributed by atoms with van der Waals surface area (Å²) in [5.74, 6) is 1.47. The Morgan fingerprint density at radius 1 is 1.16 bits per heavy atom. The molecule has 0 aliphatic carbocycles. The number of hydrogen-bond acceptors (Lipinski definition) is 5. The number of nitrogens with one attached hydrogen (secondary N) is 2. The van der Waals surface area contributed by atoms with Crippen molar-refractivity contribution in [3.05, 3.63) is 23.3 Å². The topological polar surface area (TPSA) is 79.9 Å². The zero-order valence-corrected chi connectivity index (χ0v) is 15.2. The lowest BCUT2D eigenvalue weighted by Crippen LogP contribution is -2.37. The lowest BCUT2D eigenvalue weighted by atomic mass is 9.98. The molecule has 1 aromatic rings. The minimum atomic E-state index is -0.0529. The highest BCUT2D eigenvalue weighted by molar-refractivity contribution is 5.78. The largest absolute Gasteiger partial charge is 0.493 e. The summed E-state index contributed by atoms with van der Waals surface area (Å²) in [7, 11) is 4.96. The third kappa shape index (κ3) is 5.09. The number of amides is 2. The summed E-state index contributed by atoms with van der Waals surface area (Å²) >= 11 is 0. The molecule has 2 N–H and O–H groups in total. The average molecular weight is 349 g/mol. The van der Waals surface area contributed by atoms with Crippen LogP contribution in [0.25, 0.3) is 0 Å². The molecule has 138 valence electrons. The van der Waals surface area contributed by atoms with Crippen LogP contribution in [0, 0.1) is 0 Å². The molecule has 1 aromatic carbocycles. The fourth-order valence-electron chi connectivity index (χ4n) is 2.94. The van der Waals surface area contributed by atoms with Crippen molar-refractivity contribution in [2.24, 2.45) is 0 Å². The second kappa shape index (κ2) is 9.27. The van der Waals surface area contributed by atoms with E-state index in [1.165, 1.54) is 5.56 Å². The number of methoxy groups -OCH3 is 2. The predicted molar refractivity (Wildman–Crippen MR) is 94.8 cm³/mol. The molecule has 0 spiro atoms. The monoisotopic (exact) mass is 349 g/mol. The molecule has 0 bridgehead atoms. The second-order valence-electron chi connectivity index (χ2n) is 6.03. The van der Waals surface area contributed by atoms with E-state index in [4.69, 9.17) is 9.47 Å². The first-order valence-corrected chi connectivity index (χ1v) is 8.52. The van der Waals surface area contributed by atoms with Crippen LogP contribution in [0.5, 0.6) is 11.5 Å². The zero-order valence-electron chi connectivity index (χ0n) is 15.2. The molecule has 0 aromatic heterocycles. The van der Waals surface area contributed by atoms with Gasteiger partial charge in [-0.1, -0.05) is 0 Å². The summed E-state index contributed by atoms with van der Waals surface area (Å²) in [5, 5.41) is 5.57. The smallest absolute Gasteiger partial charge is 0.233 e. The van der Waals surface area contributed by atoms with Crippen LogP contribution in [-0.4, -0.2) is 57.6 Å². The molecule has 1 aliphatic rings. The molecule has 25 heavy (non-hydrogen) atoms. The minimum Gasteiger partial charge on any atom is -0.493 e. The van der Waals surface area contributed by atoms with Crippen LogP contribution in [0.2, 0.25) is 0 Å². The molecular weight excluding hydrogens is 322 g/mol. The maximum Gasteiger partial charge on any atom is 0.233 e. The first kappa shape index (κ1) is 19.1. The number of carbonyl (C=O) groups excluding carboxylic acids is 2. The van der Waals surface area contributed by atoms with Crippen LogP contribution in [0.15, 0.2) is 12.1 Å². The SMILES string of the molecule is CNCC(=O)NCCCC(=O)N1CCc2cc(OC)c(OC)cc2C1. The Morgan fingerprint density at radius 3 is 2.48 bits per heavy atom.